The molecule has 2 N–H and O–H groups in total. The van der Waals surface area contributed by atoms with Gasteiger partial charge < -0.3 is 15.2 Å². The second-order valence-electron chi connectivity index (χ2n) is 2.83. The Balaban J connectivity index is 2.54. The first kappa shape index (κ1) is 11.7. The molecule has 0 spiro atoms. The number of nitrogens with two attached hydrogens (primary N) is 1. The zero-order valence-electron chi connectivity index (χ0n) is 8.39. The summed E-state index contributed by atoms with van der Waals surface area (Å²) in [7, 11) is 0. The quantitative estimate of drug-likeness (QED) is 0.573. The Labute approximate surface area is 89.0 Å². The van der Waals surface area contributed by atoms with E-state index in [2.05, 4.69) is 6.92 Å². The molecule has 1 unspecified atom stereocenters. The van der Waals surface area contributed by atoms with Crippen LogP contribution < -0.4 is 10.5 Å². The van der Waals surface area contributed by atoms with Crippen LogP contribution in [0.5, 0.6) is 5.75 Å². The SMILES string of the molecule is [CH2]COC(CN)C(=O)Oc1ccccc1. The molecule has 0 bridgehead atoms. The van der Waals surface area contributed by atoms with Crippen molar-refractivity contribution in [2.45, 2.75) is 6.10 Å². The molecule has 1 aromatic rings. The molecule has 0 fully saturated rings. The van der Waals surface area contributed by atoms with Gasteiger partial charge in [-0.05, 0) is 19.1 Å². The molecular formula is C11H14NO3. The van der Waals surface area contributed by atoms with Gasteiger partial charge in [0.1, 0.15) is 5.75 Å². The fourth-order valence-electron chi connectivity index (χ4n) is 1.04. The van der Waals surface area contributed by atoms with Crippen LogP contribution in [-0.2, 0) is 9.53 Å². The number of carbonyl (C=O) groups excluding carboxylic acids is 1. The first-order valence-electron chi connectivity index (χ1n) is 4.65. The molecular weight excluding hydrogens is 194 g/mol. The summed E-state index contributed by atoms with van der Waals surface area (Å²) in [4.78, 5) is 11.5. The predicted octanol–water partition coefficient (Wildman–Crippen LogP) is 0.770. The number of carbonyl (C=O) groups is 1. The van der Waals surface area contributed by atoms with Gasteiger partial charge >= 0.3 is 5.97 Å². The van der Waals surface area contributed by atoms with Crippen LogP contribution in [-0.4, -0.2) is 25.2 Å². The van der Waals surface area contributed by atoms with E-state index in [0.29, 0.717) is 5.75 Å². The van der Waals surface area contributed by atoms with E-state index in [1.807, 2.05) is 6.07 Å². The van der Waals surface area contributed by atoms with Crippen LogP contribution in [0.15, 0.2) is 30.3 Å². The van der Waals surface area contributed by atoms with E-state index >= 15 is 0 Å². The van der Waals surface area contributed by atoms with E-state index in [1.165, 1.54) is 0 Å². The van der Waals surface area contributed by atoms with Gasteiger partial charge in [0.25, 0.3) is 0 Å². The van der Waals surface area contributed by atoms with Crippen molar-refractivity contribution in [3.8, 4) is 5.75 Å². The number of esters is 1. The number of rotatable bonds is 5. The van der Waals surface area contributed by atoms with Crippen LogP contribution in [0.4, 0.5) is 0 Å². The molecule has 1 radical (unpaired) electrons. The fourth-order valence-corrected chi connectivity index (χ4v) is 1.04. The number of ether oxygens (including phenoxy) is 2. The zero-order chi connectivity index (χ0) is 11.1. The highest BCUT2D eigenvalue weighted by Gasteiger charge is 2.18. The molecule has 0 aliphatic carbocycles. The van der Waals surface area contributed by atoms with Crippen molar-refractivity contribution in [2.24, 2.45) is 5.73 Å². The predicted molar refractivity (Wildman–Crippen MR) is 56.2 cm³/mol. The van der Waals surface area contributed by atoms with Crippen LogP contribution >= 0.6 is 0 Å². The molecule has 1 atom stereocenters. The second kappa shape index (κ2) is 6.16. The molecule has 1 rings (SSSR count). The normalized spacial score (nSPS) is 12.1. The molecule has 81 valence electrons. The minimum absolute atomic E-state index is 0.0845. The highest BCUT2D eigenvalue weighted by atomic mass is 16.6. The lowest BCUT2D eigenvalue weighted by Gasteiger charge is -2.13. The highest BCUT2D eigenvalue weighted by molar-refractivity contribution is 5.77. The molecule has 0 aliphatic rings. The van der Waals surface area contributed by atoms with Crippen LogP contribution in [0.3, 0.4) is 0 Å². The number of para-hydroxylation sites is 1. The standard InChI is InChI=1S/C11H14NO3/c1-2-14-10(8-12)11(13)15-9-6-4-3-5-7-9/h3-7,10H,1-2,8,12H2. The summed E-state index contributed by atoms with van der Waals surface area (Å²) < 4.78 is 10.1. The lowest BCUT2D eigenvalue weighted by molar-refractivity contribution is -0.146. The lowest BCUT2D eigenvalue weighted by atomic mass is 10.3. The summed E-state index contributed by atoms with van der Waals surface area (Å²) in [6.45, 7) is 3.75. The molecule has 0 saturated heterocycles. The van der Waals surface area contributed by atoms with Gasteiger partial charge in [0.05, 0.1) is 0 Å². The molecule has 0 saturated carbocycles. The lowest BCUT2D eigenvalue weighted by Crippen LogP contribution is -2.35. The van der Waals surface area contributed by atoms with E-state index in [0.717, 1.165) is 0 Å². The maximum Gasteiger partial charge on any atom is 0.341 e. The first-order valence-corrected chi connectivity index (χ1v) is 4.65. The van der Waals surface area contributed by atoms with Crippen LogP contribution in [0.1, 0.15) is 0 Å². The molecule has 4 heteroatoms. The number of hydrogen-bond donors (Lipinski definition) is 1. The second-order valence-corrected chi connectivity index (χ2v) is 2.83. The largest absolute Gasteiger partial charge is 0.425 e. The third kappa shape index (κ3) is 3.69. The maximum absolute atomic E-state index is 11.5. The van der Waals surface area contributed by atoms with E-state index in [4.69, 9.17) is 15.2 Å². The summed E-state index contributed by atoms with van der Waals surface area (Å²) in [6, 6.07) is 8.78. The zero-order valence-corrected chi connectivity index (χ0v) is 8.39. The molecule has 0 heterocycles. The molecule has 0 amide bonds. The van der Waals surface area contributed by atoms with Crippen molar-refractivity contribution >= 4 is 5.97 Å². The molecule has 4 nitrogen and oxygen atoms in total. The molecule has 0 aliphatic heterocycles. The Kier molecular flexibility index (Phi) is 4.80. The van der Waals surface area contributed by atoms with Crippen LogP contribution in [0.2, 0.25) is 0 Å². The number of hydrogen-bond acceptors (Lipinski definition) is 4. The van der Waals surface area contributed by atoms with Gasteiger partial charge in [-0.25, -0.2) is 4.79 Å². The molecule has 1 aromatic carbocycles. The average molecular weight is 208 g/mol. The maximum atomic E-state index is 11.5. The van der Waals surface area contributed by atoms with E-state index in [9.17, 15) is 4.79 Å². The Morgan fingerprint density at radius 1 is 1.40 bits per heavy atom. The van der Waals surface area contributed by atoms with Crippen molar-refractivity contribution in [1.82, 2.24) is 0 Å². The Hall–Kier alpha value is -1.39. The first-order chi connectivity index (χ1) is 7.27. The van der Waals surface area contributed by atoms with Gasteiger partial charge in [0.2, 0.25) is 0 Å². The van der Waals surface area contributed by atoms with E-state index in [1.54, 1.807) is 24.3 Å². The van der Waals surface area contributed by atoms with E-state index < -0.39 is 12.1 Å². The summed E-state index contributed by atoms with van der Waals surface area (Å²) in [6.07, 6.45) is -0.747. The van der Waals surface area contributed by atoms with Crippen LogP contribution in [0, 0.1) is 6.92 Å². The van der Waals surface area contributed by atoms with Gasteiger partial charge in [-0.1, -0.05) is 18.2 Å². The van der Waals surface area contributed by atoms with Crippen molar-refractivity contribution in [2.75, 3.05) is 13.2 Å². The summed E-state index contributed by atoms with van der Waals surface area (Å²) >= 11 is 0. The van der Waals surface area contributed by atoms with Gasteiger partial charge in [-0.15, -0.1) is 0 Å². The van der Waals surface area contributed by atoms with Crippen molar-refractivity contribution < 1.29 is 14.3 Å². The summed E-state index contributed by atoms with van der Waals surface area (Å²) in [5.74, 6) is -0.0130. The van der Waals surface area contributed by atoms with Gasteiger partial charge in [0.15, 0.2) is 6.10 Å². The number of benzene rings is 1. The summed E-state index contributed by atoms with van der Waals surface area (Å²) in [5, 5.41) is 0. The van der Waals surface area contributed by atoms with Crippen molar-refractivity contribution in [3.05, 3.63) is 37.3 Å². The van der Waals surface area contributed by atoms with Gasteiger partial charge in [-0.3, -0.25) is 0 Å². The van der Waals surface area contributed by atoms with Gasteiger partial charge in [-0.2, -0.15) is 0 Å². The van der Waals surface area contributed by atoms with Gasteiger partial charge in [0, 0.05) is 13.2 Å². The molecule has 15 heavy (non-hydrogen) atoms. The minimum atomic E-state index is -0.747. The van der Waals surface area contributed by atoms with Crippen molar-refractivity contribution in [1.29, 1.82) is 0 Å². The van der Waals surface area contributed by atoms with E-state index in [-0.39, 0.29) is 13.2 Å². The smallest absolute Gasteiger partial charge is 0.341 e. The van der Waals surface area contributed by atoms with Crippen LogP contribution in [0.25, 0.3) is 0 Å². The molecule has 0 aromatic heterocycles. The highest BCUT2D eigenvalue weighted by Crippen LogP contribution is 2.09. The topological polar surface area (TPSA) is 61.5 Å². The average Bonchev–Trinajstić information content (AvgIpc) is 2.27. The Morgan fingerprint density at radius 3 is 2.60 bits per heavy atom. The van der Waals surface area contributed by atoms with Crippen molar-refractivity contribution in [3.63, 3.8) is 0 Å². The third-order valence-corrected chi connectivity index (χ3v) is 1.76. The minimum Gasteiger partial charge on any atom is -0.425 e. The summed E-state index contributed by atoms with van der Waals surface area (Å²) in [5.41, 5.74) is 5.36. The third-order valence-electron chi connectivity index (χ3n) is 1.76. The monoisotopic (exact) mass is 208 g/mol. The fraction of sp³-hybridized carbons (Fsp3) is 0.273. The Morgan fingerprint density at radius 2 is 2.07 bits per heavy atom. The Bertz CT molecular complexity index is 300.